The number of hydrogen-bond acceptors (Lipinski definition) is 3. The van der Waals surface area contributed by atoms with Crippen molar-refractivity contribution in [3.8, 4) is 0 Å². The molecule has 0 saturated carbocycles. The molecule has 0 aliphatic heterocycles. The van der Waals surface area contributed by atoms with E-state index in [0.29, 0.717) is 11.0 Å². The first-order valence-electron chi connectivity index (χ1n) is 5.71. The average Bonchev–Trinajstić information content (AvgIpc) is 2.39. The molecule has 20 heavy (non-hydrogen) atoms. The second-order valence-electron chi connectivity index (χ2n) is 4.19. The Morgan fingerprint density at radius 1 is 1.15 bits per heavy atom. The molecule has 7 heteroatoms. The van der Waals surface area contributed by atoms with Gasteiger partial charge in [0.1, 0.15) is 0 Å². The molecule has 0 fully saturated rings. The molecule has 2 aromatic rings. The molecule has 0 aliphatic carbocycles. The maximum atomic E-state index is 12.5. The van der Waals surface area contributed by atoms with Crippen molar-refractivity contribution in [1.82, 2.24) is 9.29 Å². The molecule has 0 N–H and O–H groups in total. The van der Waals surface area contributed by atoms with Crippen LogP contribution in [0.15, 0.2) is 56.6 Å². The van der Waals surface area contributed by atoms with Gasteiger partial charge in [0.2, 0.25) is 10.0 Å². The fourth-order valence-corrected chi connectivity index (χ4v) is 4.54. The molecule has 0 radical (unpaired) electrons. The molecule has 1 heterocycles. The highest BCUT2D eigenvalue weighted by molar-refractivity contribution is 9.11. The Kier molecular flexibility index (Phi) is 4.95. The summed E-state index contributed by atoms with van der Waals surface area (Å²) in [6, 6.07) is 8.59. The summed E-state index contributed by atoms with van der Waals surface area (Å²) in [6.45, 7) is 0.299. The van der Waals surface area contributed by atoms with Crippen LogP contribution in [0.5, 0.6) is 0 Å². The summed E-state index contributed by atoms with van der Waals surface area (Å²) in [5.74, 6) is 0. The number of sulfonamides is 1. The minimum Gasteiger partial charge on any atom is -0.265 e. The molecule has 0 aliphatic rings. The van der Waals surface area contributed by atoms with Gasteiger partial charge in [-0.05, 0) is 51.8 Å². The number of rotatable bonds is 4. The topological polar surface area (TPSA) is 50.3 Å². The van der Waals surface area contributed by atoms with E-state index in [4.69, 9.17) is 0 Å². The highest BCUT2D eigenvalue weighted by Crippen LogP contribution is 2.28. The predicted molar refractivity (Wildman–Crippen MR) is 84.7 cm³/mol. The summed E-state index contributed by atoms with van der Waals surface area (Å²) in [7, 11) is -1.98. The van der Waals surface area contributed by atoms with Gasteiger partial charge in [0.15, 0.2) is 0 Å². The molecule has 0 atom stereocenters. The normalized spacial score (nSPS) is 11.8. The molecule has 0 amide bonds. The van der Waals surface area contributed by atoms with Gasteiger partial charge in [0.25, 0.3) is 0 Å². The number of nitrogens with zero attached hydrogens (tertiary/aromatic N) is 2. The molecule has 0 saturated heterocycles. The van der Waals surface area contributed by atoms with Crippen molar-refractivity contribution in [1.29, 1.82) is 0 Å². The Balaban J connectivity index is 2.30. The van der Waals surface area contributed by atoms with Crippen molar-refractivity contribution in [2.45, 2.75) is 11.4 Å². The Morgan fingerprint density at radius 3 is 2.40 bits per heavy atom. The van der Waals surface area contributed by atoms with Crippen molar-refractivity contribution in [3.63, 3.8) is 0 Å². The van der Waals surface area contributed by atoms with Crippen LogP contribution in [0.4, 0.5) is 0 Å². The van der Waals surface area contributed by atoms with Crippen molar-refractivity contribution in [2.24, 2.45) is 0 Å². The maximum absolute atomic E-state index is 12.5. The van der Waals surface area contributed by atoms with Gasteiger partial charge in [-0.3, -0.25) is 4.98 Å². The summed E-state index contributed by atoms with van der Waals surface area (Å²) < 4.78 is 27.7. The van der Waals surface area contributed by atoms with E-state index in [9.17, 15) is 8.42 Å². The SMILES string of the molecule is CN(Cc1ccncc1)S(=O)(=O)c1ccc(Br)cc1Br. The minimum atomic E-state index is -3.54. The van der Waals surface area contributed by atoms with E-state index < -0.39 is 10.0 Å². The van der Waals surface area contributed by atoms with Crippen LogP contribution in [-0.2, 0) is 16.6 Å². The zero-order chi connectivity index (χ0) is 14.8. The van der Waals surface area contributed by atoms with Gasteiger partial charge in [0.05, 0.1) is 4.90 Å². The zero-order valence-corrected chi connectivity index (χ0v) is 14.6. The van der Waals surface area contributed by atoms with Gasteiger partial charge in [-0.25, -0.2) is 8.42 Å². The van der Waals surface area contributed by atoms with Crippen molar-refractivity contribution in [2.75, 3.05) is 7.05 Å². The van der Waals surface area contributed by atoms with Gasteiger partial charge in [-0.15, -0.1) is 0 Å². The quantitative estimate of drug-likeness (QED) is 0.762. The van der Waals surface area contributed by atoms with Crippen molar-refractivity contribution >= 4 is 41.9 Å². The van der Waals surface area contributed by atoms with E-state index in [-0.39, 0.29) is 4.90 Å². The molecule has 1 aromatic heterocycles. The summed E-state index contributed by atoms with van der Waals surface area (Å²) in [5, 5.41) is 0. The summed E-state index contributed by atoms with van der Waals surface area (Å²) in [5.41, 5.74) is 0.888. The number of aromatic nitrogens is 1. The standard InChI is InChI=1S/C13H12Br2N2O2S/c1-17(9-10-4-6-16-7-5-10)20(18,19)13-3-2-11(14)8-12(13)15/h2-8H,9H2,1H3. The Hall–Kier alpha value is -0.760. The lowest BCUT2D eigenvalue weighted by atomic mass is 10.3. The lowest BCUT2D eigenvalue weighted by Crippen LogP contribution is -2.26. The van der Waals surface area contributed by atoms with Crippen molar-refractivity contribution < 1.29 is 8.42 Å². The summed E-state index contributed by atoms with van der Waals surface area (Å²) in [6.07, 6.45) is 3.29. The molecule has 1 aromatic carbocycles. The molecule has 4 nitrogen and oxygen atoms in total. The van der Waals surface area contributed by atoms with Crippen LogP contribution in [0.1, 0.15) is 5.56 Å². The fraction of sp³-hybridized carbons (Fsp3) is 0.154. The fourth-order valence-electron chi connectivity index (χ4n) is 1.68. The van der Waals surface area contributed by atoms with E-state index in [1.807, 2.05) is 0 Å². The lowest BCUT2D eigenvalue weighted by Gasteiger charge is -2.18. The van der Waals surface area contributed by atoms with Gasteiger partial charge in [-0.2, -0.15) is 4.31 Å². The second kappa shape index (κ2) is 6.34. The van der Waals surface area contributed by atoms with Gasteiger partial charge in [0, 0.05) is 34.9 Å². The Bertz CT molecular complexity index is 706. The predicted octanol–water partition coefficient (Wildman–Crippen LogP) is 3.43. The van der Waals surface area contributed by atoms with Crippen LogP contribution in [-0.4, -0.2) is 24.8 Å². The van der Waals surface area contributed by atoms with Crippen LogP contribution in [0.25, 0.3) is 0 Å². The zero-order valence-electron chi connectivity index (χ0n) is 10.6. The summed E-state index contributed by atoms with van der Waals surface area (Å²) >= 11 is 6.60. The Morgan fingerprint density at radius 2 is 1.80 bits per heavy atom. The third kappa shape index (κ3) is 3.46. The first-order chi connectivity index (χ1) is 9.41. The van der Waals surface area contributed by atoms with Crippen LogP contribution in [0, 0.1) is 0 Å². The van der Waals surface area contributed by atoms with Crippen molar-refractivity contribution in [3.05, 3.63) is 57.2 Å². The number of pyridine rings is 1. The van der Waals surface area contributed by atoms with Gasteiger partial charge < -0.3 is 0 Å². The monoisotopic (exact) mass is 418 g/mol. The third-order valence-electron chi connectivity index (χ3n) is 2.74. The second-order valence-corrected chi connectivity index (χ2v) is 7.97. The van der Waals surface area contributed by atoms with Crippen LogP contribution in [0.2, 0.25) is 0 Å². The lowest BCUT2D eigenvalue weighted by molar-refractivity contribution is 0.466. The largest absolute Gasteiger partial charge is 0.265 e. The van der Waals surface area contributed by atoms with Crippen LogP contribution < -0.4 is 0 Å². The van der Waals surface area contributed by atoms with E-state index in [1.165, 1.54) is 4.31 Å². The molecule has 106 valence electrons. The maximum Gasteiger partial charge on any atom is 0.244 e. The number of benzene rings is 1. The molecular formula is C13H12Br2N2O2S. The Labute approximate surface area is 135 Å². The first-order valence-corrected chi connectivity index (χ1v) is 8.74. The molecule has 2 rings (SSSR count). The van der Waals surface area contributed by atoms with Crippen LogP contribution >= 0.6 is 31.9 Å². The van der Waals surface area contributed by atoms with E-state index in [1.54, 1.807) is 49.8 Å². The van der Waals surface area contributed by atoms with Gasteiger partial charge >= 0.3 is 0 Å². The molecule has 0 unspecified atom stereocenters. The van der Waals surface area contributed by atoms with E-state index >= 15 is 0 Å². The average molecular weight is 420 g/mol. The van der Waals surface area contributed by atoms with E-state index in [2.05, 4.69) is 36.8 Å². The smallest absolute Gasteiger partial charge is 0.244 e. The molecular weight excluding hydrogens is 408 g/mol. The minimum absolute atomic E-state index is 0.247. The third-order valence-corrected chi connectivity index (χ3v) is 6.01. The summed E-state index contributed by atoms with van der Waals surface area (Å²) in [4.78, 5) is 4.16. The highest BCUT2D eigenvalue weighted by atomic mass is 79.9. The highest BCUT2D eigenvalue weighted by Gasteiger charge is 2.23. The van der Waals surface area contributed by atoms with E-state index in [0.717, 1.165) is 10.0 Å². The molecule has 0 bridgehead atoms. The first kappa shape index (κ1) is 15.6. The molecule has 0 spiro atoms. The van der Waals surface area contributed by atoms with Crippen LogP contribution in [0.3, 0.4) is 0 Å². The van der Waals surface area contributed by atoms with Gasteiger partial charge in [-0.1, -0.05) is 15.9 Å². The number of hydrogen-bond donors (Lipinski definition) is 0. The number of halogens is 2.